The third kappa shape index (κ3) is 4.10. The first-order valence-corrected chi connectivity index (χ1v) is 8.15. The van der Waals surface area contributed by atoms with Crippen molar-refractivity contribution in [3.63, 3.8) is 0 Å². The summed E-state index contributed by atoms with van der Waals surface area (Å²) in [5, 5.41) is 4.14. The molecule has 2 amide bonds. The maximum atomic E-state index is 13.4. The smallest absolute Gasteiger partial charge is 0.327 e. The lowest BCUT2D eigenvalue weighted by atomic mass is 9.87. The van der Waals surface area contributed by atoms with Crippen LogP contribution in [0.1, 0.15) is 22.7 Å². The monoisotopic (exact) mass is 414 g/mol. The fourth-order valence-electron chi connectivity index (χ4n) is 3.03. The van der Waals surface area contributed by atoms with Crippen LogP contribution in [0.25, 0.3) is 5.70 Å². The van der Waals surface area contributed by atoms with Crippen LogP contribution < -0.4 is 10.6 Å². The molecule has 3 rings (SSSR count). The first-order chi connectivity index (χ1) is 13.5. The average molecular weight is 414 g/mol. The topological polar surface area (TPSA) is 58.2 Å². The molecule has 0 unspecified atom stereocenters. The Morgan fingerprint density at radius 2 is 1.45 bits per heavy atom. The van der Waals surface area contributed by atoms with Gasteiger partial charge in [0.25, 0.3) is 5.78 Å². The molecule has 0 bridgehead atoms. The van der Waals surface area contributed by atoms with Crippen molar-refractivity contribution in [3.05, 3.63) is 76.9 Å². The van der Waals surface area contributed by atoms with Crippen LogP contribution in [0.3, 0.4) is 0 Å². The zero-order valence-corrected chi connectivity index (χ0v) is 14.4. The summed E-state index contributed by atoms with van der Waals surface area (Å²) >= 11 is 0. The molecular formula is C19H12F6N2O2. The molecular weight excluding hydrogens is 402 g/mol. The molecule has 0 saturated carbocycles. The van der Waals surface area contributed by atoms with Crippen molar-refractivity contribution in [1.29, 1.82) is 0 Å². The van der Waals surface area contributed by atoms with E-state index in [-0.39, 0.29) is 5.56 Å². The van der Waals surface area contributed by atoms with Gasteiger partial charge in [0, 0.05) is 0 Å². The van der Waals surface area contributed by atoms with E-state index in [0.29, 0.717) is 6.07 Å². The molecule has 0 aromatic heterocycles. The predicted molar refractivity (Wildman–Crippen MR) is 90.3 cm³/mol. The zero-order valence-electron chi connectivity index (χ0n) is 14.4. The third-order valence-corrected chi connectivity index (χ3v) is 4.21. The minimum atomic E-state index is -5.37. The molecule has 1 aliphatic heterocycles. The van der Waals surface area contributed by atoms with Crippen LogP contribution in [0.4, 0.5) is 31.1 Å². The summed E-state index contributed by atoms with van der Waals surface area (Å²) in [5.41, 5.74) is -3.41. The molecule has 0 fully saturated rings. The lowest BCUT2D eigenvalue weighted by Gasteiger charge is -2.31. The van der Waals surface area contributed by atoms with Gasteiger partial charge in [0.1, 0.15) is 0 Å². The Morgan fingerprint density at radius 1 is 0.862 bits per heavy atom. The lowest BCUT2D eigenvalue weighted by Crippen LogP contribution is -2.47. The van der Waals surface area contributed by atoms with Crippen LogP contribution in [0.2, 0.25) is 0 Å². The molecule has 29 heavy (non-hydrogen) atoms. The molecule has 2 N–H and O–H groups in total. The quantitative estimate of drug-likeness (QED) is 0.722. The van der Waals surface area contributed by atoms with Crippen LogP contribution >= 0.6 is 0 Å². The summed E-state index contributed by atoms with van der Waals surface area (Å²) in [5.74, 6) is -2.36. The van der Waals surface area contributed by atoms with E-state index in [1.54, 1.807) is 6.07 Å². The summed E-state index contributed by atoms with van der Waals surface area (Å²) in [6.07, 6.45) is -10.3. The summed E-state index contributed by atoms with van der Waals surface area (Å²) < 4.78 is 80.2. The highest BCUT2D eigenvalue weighted by atomic mass is 19.4. The van der Waals surface area contributed by atoms with Crippen molar-refractivity contribution in [1.82, 2.24) is 10.6 Å². The summed E-state index contributed by atoms with van der Waals surface area (Å²) in [4.78, 5) is 24.3. The Labute approximate surface area is 160 Å². The molecule has 152 valence electrons. The second-order valence-corrected chi connectivity index (χ2v) is 6.10. The lowest BCUT2D eigenvalue weighted by molar-refractivity contribution is -0.167. The summed E-state index contributed by atoms with van der Waals surface area (Å²) in [6.45, 7) is 0. The number of urea groups is 1. The molecule has 1 atom stereocenters. The van der Waals surface area contributed by atoms with Gasteiger partial charge in [0.15, 0.2) is 0 Å². The zero-order chi connectivity index (χ0) is 21.4. The van der Waals surface area contributed by atoms with Gasteiger partial charge in [0.2, 0.25) is 0 Å². The Balaban J connectivity index is 2.31. The van der Waals surface area contributed by atoms with Crippen LogP contribution in [0.15, 0.2) is 60.2 Å². The number of amides is 2. The average Bonchev–Trinajstić information content (AvgIpc) is 2.66. The molecule has 4 nitrogen and oxygen atoms in total. The molecule has 10 heteroatoms. The number of rotatable bonds is 3. The number of benzene rings is 2. The predicted octanol–water partition coefficient (Wildman–Crippen LogP) is 4.60. The molecule has 0 saturated heterocycles. The van der Waals surface area contributed by atoms with Gasteiger partial charge < -0.3 is 10.6 Å². The number of hydrogen-bond acceptors (Lipinski definition) is 2. The highest BCUT2D eigenvalue weighted by molar-refractivity contribution is 6.10. The minimum absolute atomic E-state index is 0.0458. The Hall–Kier alpha value is -3.30. The second-order valence-electron chi connectivity index (χ2n) is 6.10. The maximum absolute atomic E-state index is 13.4. The molecule has 0 radical (unpaired) electrons. The summed E-state index contributed by atoms with van der Waals surface area (Å²) in [7, 11) is 0. The van der Waals surface area contributed by atoms with Crippen molar-refractivity contribution < 1.29 is 35.9 Å². The fourth-order valence-corrected chi connectivity index (χ4v) is 3.03. The van der Waals surface area contributed by atoms with Gasteiger partial charge in [-0.1, -0.05) is 48.5 Å². The maximum Gasteiger partial charge on any atom is 0.454 e. The molecule has 0 aliphatic carbocycles. The third-order valence-electron chi connectivity index (χ3n) is 4.21. The van der Waals surface area contributed by atoms with E-state index >= 15 is 0 Å². The molecule has 1 aliphatic rings. The number of hydrogen-bond donors (Lipinski definition) is 2. The van der Waals surface area contributed by atoms with Crippen LogP contribution in [-0.4, -0.2) is 18.0 Å². The van der Waals surface area contributed by atoms with Gasteiger partial charge in [-0.25, -0.2) is 4.79 Å². The number of Topliss-reactive ketones (excluding diaryl/α,β-unsaturated/α-hetero) is 1. The normalized spacial score (nSPS) is 17.6. The van der Waals surface area contributed by atoms with Crippen molar-refractivity contribution in [2.24, 2.45) is 0 Å². The van der Waals surface area contributed by atoms with Crippen molar-refractivity contribution in [3.8, 4) is 0 Å². The van der Waals surface area contributed by atoms with Gasteiger partial charge in [-0.2, -0.15) is 26.3 Å². The van der Waals surface area contributed by atoms with Gasteiger partial charge in [-0.15, -0.1) is 0 Å². The van der Waals surface area contributed by atoms with Gasteiger partial charge >= 0.3 is 18.4 Å². The standard InChI is InChI=1S/C19H12F6N2O2/c20-18(21,22)12-9-5-4-8-11(12)15-13(16(28)19(23,24)25)14(26-17(29)27-15)10-6-2-1-3-7-10/h1-9,15H,(H2,26,27,29)/t15-/m0/s1. The van der Waals surface area contributed by atoms with Crippen molar-refractivity contribution in [2.45, 2.75) is 18.4 Å². The van der Waals surface area contributed by atoms with E-state index in [4.69, 9.17) is 0 Å². The molecule has 0 spiro atoms. The minimum Gasteiger partial charge on any atom is -0.327 e. The van der Waals surface area contributed by atoms with Crippen molar-refractivity contribution >= 4 is 17.5 Å². The Kier molecular flexibility index (Phi) is 5.12. The van der Waals surface area contributed by atoms with Crippen molar-refractivity contribution in [2.75, 3.05) is 0 Å². The number of carbonyl (C=O) groups is 2. The Morgan fingerprint density at radius 3 is 2.03 bits per heavy atom. The van der Waals surface area contributed by atoms with Crippen LogP contribution in [0, 0.1) is 0 Å². The van der Waals surface area contributed by atoms with Gasteiger partial charge in [-0.3, -0.25) is 4.79 Å². The summed E-state index contributed by atoms with van der Waals surface area (Å²) in [6, 6.07) is 7.94. The number of halogens is 6. The van der Waals surface area contributed by atoms with Gasteiger partial charge in [0.05, 0.1) is 22.9 Å². The second kappa shape index (κ2) is 7.26. The van der Waals surface area contributed by atoms with E-state index in [9.17, 15) is 35.9 Å². The number of nitrogens with one attached hydrogen (secondary N) is 2. The van der Waals surface area contributed by atoms with E-state index in [0.717, 1.165) is 12.1 Å². The number of alkyl halides is 6. The highest BCUT2D eigenvalue weighted by Crippen LogP contribution is 2.41. The molecule has 2 aromatic rings. The molecule has 2 aromatic carbocycles. The first-order valence-electron chi connectivity index (χ1n) is 8.15. The largest absolute Gasteiger partial charge is 0.454 e. The number of carbonyl (C=O) groups excluding carboxylic acids is 2. The molecule has 1 heterocycles. The van der Waals surface area contributed by atoms with E-state index in [1.807, 2.05) is 5.32 Å². The first kappa shape index (κ1) is 20.4. The van der Waals surface area contributed by atoms with Crippen LogP contribution in [0.5, 0.6) is 0 Å². The van der Waals surface area contributed by atoms with E-state index in [1.165, 1.54) is 30.3 Å². The highest BCUT2D eigenvalue weighted by Gasteiger charge is 2.48. The number of ketones is 1. The van der Waals surface area contributed by atoms with E-state index in [2.05, 4.69) is 5.32 Å². The Bertz CT molecular complexity index is 980. The van der Waals surface area contributed by atoms with Gasteiger partial charge in [-0.05, 0) is 17.2 Å². The van der Waals surface area contributed by atoms with E-state index < -0.39 is 52.6 Å². The SMILES string of the molecule is O=C1NC(c2ccccc2)=C(C(=O)C(F)(F)F)[C@H](c2ccccc2C(F)(F)F)N1. The fraction of sp³-hybridized carbons (Fsp3) is 0.158. The van der Waals surface area contributed by atoms with Crippen LogP contribution in [-0.2, 0) is 11.0 Å².